The third-order valence-electron chi connectivity index (χ3n) is 2.91. The van der Waals surface area contributed by atoms with Gasteiger partial charge in [0, 0.05) is 29.0 Å². The van der Waals surface area contributed by atoms with Gasteiger partial charge >= 0.3 is 0 Å². The normalized spacial score (nSPS) is 12.6. The van der Waals surface area contributed by atoms with E-state index < -0.39 is 0 Å². The van der Waals surface area contributed by atoms with Gasteiger partial charge in [-0.2, -0.15) is 0 Å². The van der Waals surface area contributed by atoms with Crippen LogP contribution in [-0.4, -0.2) is 9.55 Å². The van der Waals surface area contributed by atoms with Crippen LogP contribution in [-0.2, 0) is 6.54 Å². The third kappa shape index (κ3) is 3.09. The van der Waals surface area contributed by atoms with Crippen LogP contribution in [0.4, 0.5) is 0 Å². The van der Waals surface area contributed by atoms with Crippen LogP contribution < -0.4 is 11.3 Å². The number of aromatic nitrogens is 2. The van der Waals surface area contributed by atoms with Gasteiger partial charge in [0.05, 0.1) is 0 Å². The zero-order valence-corrected chi connectivity index (χ0v) is 12.1. The molecule has 1 aromatic carbocycles. The summed E-state index contributed by atoms with van der Waals surface area (Å²) < 4.78 is 2.06. The second-order valence-corrected chi connectivity index (χ2v) is 5.09. The molecule has 1 heterocycles. The van der Waals surface area contributed by atoms with Crippen molar-refractivity contribution in [2.45, 2.75) is 25.9 Å². The number of nitrogens with two attached hydrogens (primary N) is 1. The fraction of sp³-hybridized carbons (Fsp3) is 0.308. The van der Waals surface area contributed by atoms with Crippen molar-refractivity contribution < 1.29 is 0 Å². The number of aryl methyl sites for hydroxylation is 1. The summed E-state index contributed by atoms with van der Waals surface area (Å²) in [5, 5.41) is 1.17. The summed E-state index contributed by atoms with van der Waals surface area (Å²) in [4.78, 5) is 4.37. The second kappa shape index (κ2) is 6.39. The van der Waals surface area contributed by atoms with Gasteiger partial charge in [-0.1, -0.05) is 36.2 Å². The standard InChI is InChI=1S/C13H16Cl2N4/c1-2-6-19-7-5-17-13(19)12(18-16)10-4-3-9(14)8-11(10)15/h3-5,7-8,12,18H,2,6,16H2,1H3. The van der Waals surface area contributed by atoms with Crippen molar-refractivity contribution in [3.05, 3.63) is 52.0 Å². The van der Waals surface area contributed by atoms with E-state index in [1.54, 1.807) is 18.3 Å². The summed E-state index contributed by atoms with van der Waals surface area (Å²) in [5.74, 6) is 6.51. The predicted octanol–water partition coefficient (Wildman–Crippen LogP) is 3.15. The summed E-state index contributed by atoms with van der Waals surface area (Å²) in [6.45, 7) is 3.00. The first kappa shape index (κ1) is 14.3. The zero-order chi connectivity index (χ0) is 13.8. The highest BCUT2D eigenvalue weighted by molar-refractivity contribution is 6.35. The largest absolute Gasteiger partial charge is 0.333 e. The van der Waals surface area contributed by atoms with Crippen molar-refractivity contribution in [3.63, 3.8) is 0 Å². The number of nitrogens with one attached hydrogen (secondary N) is 1. The van der Waals surface area contributed by atoms with Crippen molar-refractivity contribution in [2.75, 3.05) is 0 Å². The number of benzene rings is 1. The molecular weight excluding hydrogens is 283 g/mol. The van der Waals surface area contributed by atoms with Gasteiger partial charge in [0.15, 0.2) is 0 Å². The van der Waals surface area contributed by atoms with E-state index >= 15 is 0 Å². The van der Waals surface area contributed by atoms with Crippen LogP contribution in [0.1, 0.15) is 30.8 Å². The molecule has 1 atom stereocenters. The molecule has 0 saturated carbocycles. The summed E-state index contributed by atoms with van der Waals surface area (Å²) in [6.07, 6.45) is 4.72. The van der Waals surface area contributed by atoms with Gasteiger partial charge in [-0.15, -0.1) is 0 Å². The Labute approximate surface area is 122 Å². The Morgan fingerprint density at radius 3 is 2.84 bits per heavy atom. The van der Waals surface area contributed by atoms with Gasteiger partial charge in [0.1, 0.15) is 11.9 Å². The molecular formula is C13H16Cl2N4. The van der Waals surface area contributed by atoms with Crippen molar-refractivity contribution in [2.24, 2.45) is 5.84 Å². The maximum atomic E-state index is 6.23. The fourth-order valence-corrected chi connectivity index (χ4v) is 2.57. The van der Waals surface area contributed by atoms with Gasteiger partial charge in [-0.05, 0) is 24.1 Å². The molecule has 2 aromatic rings. The molecule has 0 fully saturated rings. The fourth-order valence-electron chi connectivity index (χ4n) is 2.05. The van der Waals surface area contributed by atoms with E-state index in [1.165, 1.54) is 0 Å². The molecule has 102 valence electrons. The highest BCUT2D eigenvalue weighted by Gasteiger charge is 2.20. The highest BCUT2D eigenvalue weighted by atomic mass is 35.5. The zero-order valence-electron chi connectivity index (χ0n) is 10.6. The quantitative estimate of drug-likeness (QED) is 0.658. The van der Waals surface area contributed by atoms with Crippen LogP contribution in [0.25, 0.3) is 0 Å². The molecule has 2 rings (SSSR count). The Bertz CT molecular complexity index is 553. The maximum absolute atomic E-state index is 6.23. The van der Waals surface area contributed by atoms with Crippen molar-refractivity contribution in [1.29, 1.82) is 0 Å². The topological polar surface area (TPSA) is 55.9 Å². The first-order valence-electron chi connectivity index (χ1n) is 6.09. The van der Waals surface area contributed by atoms with E-state index in [9.17, 15) is 0 Å². The summed E-state index contributed by atoms with van der Waals surface area (Å²) in [6, 6.07) is 5.10. The van der Waals surface area contributed by atoms with Crippen LogP contribution in [0, 0.1) is 0 Å². The molecule has 0 amide bonds. The monoisotopic (exact) mass is 298 g/mol. The molecule has 3 N–H and O–H groups in total. The molecule has 19 heavy (non-hydrogen) atoms. The van der Waals surface area contributed by atoms with Gasteiger partial charge in [-0.25, -0.2) is 10.4 Å². The van der Waals surface area contributed by atoms with Gasteiger partial charge in [0.25, 0.3) is 0 Å². The van der Waals surface area contributed by atoms with Gasteiger partial charge in [0.2, 0.25) is 0 Å². The molecule has 0 aliphatic heterocycles. The minimum Gasteiger partial charge on any atom is -0.333 e. The van der Waals surface area contributed by atoms with Crippen LogP contribution in [0.5, 0.6) is 0 Å². The lowest BCUT2D eigenvalue weighted by molar-refractivity contribution is 0.545. The molecule has 4 nitrogen and oxygen atoms in total. The van der Waals surface area contributed by atoms with Crippen molar-refractivity contribution in [1.82, 2.24) is 15.0 Å². The van der Waals surface area contributed by atoms with Crippen molar-refractivity contribution >= 4 is 23.2 Å². The van der Waals surface area contributed by atoms with E-state index in [0.29, 0.717) is 10.0 Å². The molecule has 0 aliphatic carbocycles. The highest BCUT2D eigenvalue weighted by Crippen LogP contribution is 2.29. The SMILES string of the molecule is CCCn1ccnc1C(NN)c1ccc(Cl)cc1Cl. The Hall–Kier alpha value is -1.07. The molecule has 1 aromatic heterocycles. The minimum atomic E-state index is -0.258. The van der Waals surface area contributed by atoms with E-state index in [4.69, 9.17) is 29.0 Å². The van der Waals surface area contributed by atoms with E-state index in [1.807, 2.05) is 12.3 Å². The number of nitrogens with zero attached hydrogens (tertiary/aromatic N) is 2. The predicted molar refractivity (Wildman–Crippen MR) is 78.1 cm³/mol. The van der Waals surface area contributed by atoms with E-state index in [2.05, 4.69) is 21.9 Å². The first-order chi connectivity index (χ1) is 9.17. The van der Waals surface area contributed by atoms with Crippen LogP contribution in [0.2, 0.25) is 10.0 Å². The number of hydrazine groups is 1. The Kier molecular flexibility index (Phi) is 4.82. The van der Waals surface area contributed by atoms with E-state index in [-0.39, 0.29) is 6.04 Å². The van der Waals surface area contributed by atoms with Crippen LogP contribution in [0.15, 0.2) is 30.6 Å². The van der Waals surface area contributed by atoms with Crippen LogP contribution in [0.3, 0.4) is 0 Å². The summed E-state index contributed by atoms with van der Waals surface area (Å²) in [7, 11) is 0. The molecule has 6 heteroatoms. The van der Waals surface area contributed by atoms with E-state index in [0.717, 1.165) is 24.4 Å². The molecule has 1 unspecified atom stereocenters. The first-order valence-corrected chi connectivity index (χ1v) is 6.85. The Morgan fingerprint density at radius 1 is 1.42 bits per heavy atom. The van der Waals surface area contributed by atoms with Crippen molar-refractivity contribution in [3.8, 4) is 0 Å². The summed E-state index contributed by atoms with van der Waals surface area (Å²) >= 11 is 12.1. The Balaban J connectivity index is 2.41. The van der Waals surface area contributed by atoms with Crippen LogP contribution >= 0.6 is 23.2 Å². The maximum Gasteiger partial charge on any atom is 0.131 e. The minimum absolute atomic E-state index is 0.258. The number of imidazole rings is 1. The lowest BCUT2D eigenvalue weighted by Crippen LogP contribution is -2.31. The average Bonchev–Trinajstić information content (AvgIpc) is 2.82. The molecule has 0 aliphatic rings. The molecule has 0 bridgehead atoms. The van der Waals surface area contributed by atoms with Gasteiger partial charge in [-0.3, -0.25) is 5.84 Å². The smallest absolute Gasteiger partial charge is 0.131 e. The number of halogens is 2. The summed E-state index contributed by atoms with van der Waals surface area (Å²) in [5.41, 5.74) is 3.63. The second-order valence-electron chi connectivity index (χ2n) is 4.24. The number of hydrogen-bond acceptors (Lipinski definition) is 3. The van der Waals surface area contributed by atoms with Gasteiger partial charge < -0.3 is 4.57 Å². The Morgan fingerprint density at radius 2 is 2.21 bits per heavy atom. The molecule has 0 radical (unpaired) electrons. The molecule has 0 spiro atoms. The lowest BCUT2D eigenvalue weighted by atomic mass is 10.1. The third-order valence-corrected chi connectivity index (χ3v) is 3.47. The lowest BCUT2D eigenvalue weighted by Gasteiger charge is -2.19. The molecule has 0 saturated heterocycles. The average molecular weight is 299 g/mol. The number of hydrogen-bond donors (Lipinski definition) is 2. The number of rotatable bonds is 5.